The molecule has 1 aliphatic rings. The summed E-state index contributed by atoms with van der Waals surface area (Å²) in [7, 11) is 0. The Bertz CT molecular complexity index is 851. The number of anilines is 1. The van der Waals surface area contributed by atoms with E-state index in [4.69, 9.17) is 4.42 Å². The Labute approximate surface area is 167 Å². The smallest absolute Gasteiger partial charge is 0.224 e. The molecular weight excluding hydrogens is 352 g/mol. The monoisotopic (exact) mass is 382 g/mol. The van der Waals surface area contributed by atoms with Crippen molar-refractivity contribution in [3.05, 3.63) is 41.7 Å². The van der Waals surface area contributed by atoms with Gasteiger partial charge in [0.25, 0.3) is 0 Å². The van der Waals surface area contributed by atoms with Crippen molar-refractivity contribution in [2.45, 2.75) is 53.5 Å². The Kier molecular flexibility index (Phi) is 6.22. The van der Waals surface area contributed by atoms with Crippen LogP contribution in [0.15, 0.2) is 34.7 Å². The van der Waals surface area contributed by atoms with Crippen molar-refractivity contribution in [1.29, 1.82) is 0 Å². The molecule has 0 saturated heterocycles. The molecule has 5 heteroatoms. The van der Waals surface area contributed by atoms with Gasteiger partial charge in [0.1, 0.15) is 11.5 Å². The third kappa shape index (κ3) is 5.03. The molecule has 5 nitrogen and oxygen atoms in total. The van der Waals surface area contributed by atoms with Gasteiger partial charge in [-0.05, 0) is 30.0 Å². The van der Waals surface area contributed by atoms with Crippen LogP contribution in [-0.4, -0.2) is 23.3 Å². The van der Waals surface area contributed by atoms with Crippen LogP contribution in [0.3, 0.4) is 0 Å². The Morgan fingerprint density at radius 1 is 1.11 bits per heavy atom. The number of furan rings is 1. The molecule has 1 aliphatic heterocycles. The lowest BCUT2D eigenvalue weighted by Crippen LogP contribution is -2.35. The van der Waals surface area contributed by atoms with E-state index in [2.05, 4.69) is 19.2 Å². The number of hydrogen-bond donors (Lipinski definition) is 1. The van der Waals surface area contributed by atoms with E-state index < -0.39 is 0 Å². The van der Waals surface area contributed by atoms with Crippen molar-refractivity contribution >= 4 is 17.5 Å². The lowest BCUT2D eigenvalue weighted by molar-refractivity contribution is -0.133. The predicted molar refractivity (Wildman–Crippen MR) is 111 cm³/mol. The number of benzene rings is 1. The van der Waals surface area contributed by atoms with Crippen LogP contribution in [0.5, 0.6) is 0 Å². The van der Waals surface area contributed by atoms with Gasteiger partial charge in [-0.3, -0.25) is 9.59 Å². The minimum Gasteiger partial charge on any atom is -0.461 e. The van der Waals surface area contributed by atoms with Gasteiger partial charge in [-0.1, -0.05) is 39.8 Å². The summed E-state index contributed by atoms with van der Waals surface area (Å²) in [5.74, 6) is 2.65. The first kappa shape index (κ1) is 20.2. The van der Waals surface area contributed by atoms with Crippen LogP contribution >= 0.6 is 0 Å². The van der Waals surface area contributed by atoms with Crippen LogP contribution in [0.25, 0.3) is 11.3 Å². The van der Waals surface area contributed by atoms with Crippen molar-refractivity contribution in [3.63, 3.8) is 0 Å². The maximum absolute atomic E-state index is 12.4. The number of rotatable bonds is 6. The summed E-state index contributed by atoms with van der Waals surface area (Å²) in [6, 6.07) is 9.74. The van der Waals surface area contributed by atoms with E-state index in [1.807, 2.05) is 49.1 Å². The van der Waals surface area contributed by atoms with E-state index >= 15 is 0 Å². The Morgan fingerprint density at radius 2 is 1.86 bits per heavy atom. The molecule has 0 bridgehead atoms. The molecule has 0 radical (unpaired) electrons. The van der Waals surface area contributed by atoms with Crippen LogP contribution in [0, 0.1) is 11.8 Å². The molecule has 0 unspecified atom stereocenters. The molecule has 28 heavy (non-hydrogen) atoms. The molecule has 2 heterocycles. The van der Waals surface area contributed by atoms with Crippen molar-refractivity contribution in [2.24, 2.45) is 11.8 Å². The summed E-state index contributed by atoms with van der Waals surface area (Å²) in [4.78, 5) is 26.3. The Hall–Kier alpha value is -2.56. The quantitative estimate of drug-likeness (QED) is 0.776. The number of fused-ring (bicyclic) bond motifs is 1. The molecule has 3 rings (SSSR count). The maximum Gasteiger partial charge on any atom is 0.224 e. The molecule has 1 N–H and O–H groups in total. The van der Waals surface area contributed by atoms with Gasteiger partial charge >= 0.3 is 0 Å². The topological polar surface area (TPSA) is 62.6 Å². The molecule has 0 spiro atoms. The van der Waals surface area contributed by atoms with Gasteiger partial charge in [0.15, 0.2) is 0 Å². The summed E-state index contributed by atoms with van der Waals surface area (Å²) >= 11 is 0. The molecule has 0 fully saturated rings. The fourth-order valence-electron chi connectivity index (χ4n) is 3.50. The zero-order chi connectivity index (χ0) is 20.3. The lowest BCUT2D eigenvalue weighted by Gasteiger charge is -2.26. The summed E-state index contributed by atoms with van der Waals surface area (Å²) < 4.78 is 6.08. The zero-order valence-electron chi connectivity index (χ0n) is 17.2. The standard InChI is InChI=1S/C23H30N2O3/c1-15(2)10-22(26)24-19-7-5-6-17(12-19)21-13-18-14-25(9-8-20(18)28-21)23(27)11-16(3)4/h5-7,12-13,15-16H,8-11,14H2,1-4H3,(H,24,26). The number of carbonyl (C=O) groups is 2. The molecule has 1 aromatic heterocycles. The molecule has 2 amide bonds. The van der Waals surface area contributed by atoms with E-state index in [1.165, 1.54) is 0 Å². The van der Waals surface area contributed by atoms with Crippen LogP contribution in [0.4, 0.5) is 5.69 Å². The molecule has 2 aromatic rings. The highest BCUT2D eigenvalue weighted by Crippen LogP contribution is 2.31. The predicted octanol–water partition coefficient (Wildman–Crippen LogP) is 4.86. The first-order valence-electron chi connectivity index (χ1n) is 10.1. The highest BCUT2D eigenvalue weighted by atomic mass is 16.3. The van der Waals surface area contributed by atoms with E-state index in [0.29, 0.717) is 37.8 Å². The average molecular weight is 383 g/mol. The molecule has 150 valence electrons. The third-order valence-electron chi connectivity index (χ3n) is 4.83. The molecule has 1 aromatic carbocycles. The van der Waals surface area contributed by atoms with E-state index in [9.17, 15) is 9.59 Å². The first-order chi connectivity index (χ1) is 13.3. The Balaban J connectivity index is 1.73. The number of nitrogens with zero attached hydrogens (tertiary/aromatic N) is 1. The highest BCUT2D eigenvalue weighted by molar-refractivity contribution is 5.91. The number of nitrogens with one attached hydrogen (secondary N) is 1. The van der Waals surface area contributed by atoms with Crippen LogP contribution < -0.4 is 5.32 Å². The fraction of sp³-hybridized carbons (Fsp3) is 0.478. The van der Waals surface area contributed by atoms with Crippen LogP contribution in [0.1, 0.15) is 51.9 Å². The van der Waals surface area contributed by atoms with Gasteiger partial charge in [-0.2, -0.15) is 0 Å². The maximum atomic E-state index is 12.4. The summed E-state index contributed by atoms with van der Waals surface area (Å²) in [5, 5.41) is 2.95. The van der Waals surface area contributed by atoms with Crippen LogP contribution in [-0.2, 0) is 22.6 Å². The van der Waals surface area contributed by atoms with Gasteiger partial charge in [-0.15, -0.1) is 0 Å². The van der Waals surface area contributed by atoms with Gasteiger partial charge in [-0.25, -0.2) is 0 Å². The molecule has 0 saturated carbocycles. The molecule has 0 atom stereocenters. The van der Waals surface area contributed by atoms with E-state index in [-0.39, 0.29) is 11.8 Å². The first-order valence-corrected chi connectivity index (χ1v) is 10.1. The molecule has 0 aliphatic carbocycles. The SMILES string of the molecule is CC(C)CC(=O)Nc1cccc(-c2cc3c(o2)CCN(C(=O)CC(C)C)C3)c1. The van der Waals surface area contributed by atoms with Gasteiger partial charge < -0.3 is 14.6 Å². The fourth-order valence-corrected chi connectivity index (χ4v) is 3.50. The second-order valence-corrected chi connectivity index (χ2v) is 8.45. The zero-order valence-corrected chi connectivity index (χ0v) is 17.2. The van der Waals surface area contributed by atoms with E-state index in [1.54, 1.807) is 0 Å². The highest BCUT2D eigenvalue weighted by Gasteiger charge is 2.24. The lowest BCUT2D eigenvalue weighted by atomic mass is 10.0. The van der Waals surface area contributed by atoms with Gasteiger partial charge in [0.2, 0.25) is 11.8 Å². The summed E-state index contributed by atoms with van der Waals surface area (Å²) in [5.41, 5.74) is 2.77. The number of hydrogen-bond acceptors (Lipinski definition) is 3. The average Bonchev–Trinajstić information content (AvgIpc) is 3.03. The second-order valence-electron chi connectivity index (χ2n) is 8.45. The summed E-state index contributed by atoms with van der Waals surface area (Å²) in [6.07, 6.45) is 1.82. The second kappa shape index (κ2) is 8.63. The van der Waals surface area contributed by atoms with Crippen molar-refractivity contribution in [2.75, 3.05) is 11.9 Å². The minimum atomic E-state index is 0.0187. The largest absolute Gasteiger partial charge is 0.461 e. The van der Waals surface area contributed by atoms with Gasteiger partial charge in [0, 0.05) is 49.2 Å². The Morgan fingerprint density at radius 3 is 2.57 bits per heavy atom. The van der Waals surface area contributed by atoms with Crippen molar-refractivity contribution < 1.29 is 14.0 Å². The van der Waals surface area contributed by atoms with Crippen molar-refractivity contribution in [1.82, 2.24) is 4.90 Å². The molecular formula is C23H30N2O3. The van der Waals surface area contributed by atoms with Crippen LogP contribution in [0.2, 0.25) is 0 Å². The minimum absolute atomic E-state index is 0.0187. The number of amides is 2. The number of carbonyl (C=O) groups excluding carboxylic acids is 2. The summed E-state index contributed by atoms with van der Waals surface area (Å²) in [6.45, 7) is 9.50. The normalized spacial score (nSPS) is 13.7. The third-order valence-corrected chi connectivity index (χ3v) is 4.83. The van der Waals surface area contributed by atoms with E-state index in [0.717, 1.165) is 34.8 Å². The van der Waals surface area contributed by atoms with Gasteiger partial charge in [0.05, 0.1) is 0 Å². The van der Waals surface area contributed by atoms with Crippen molar-refractivity contribution in [3.8, 4) is 11.3 Å².